The number of rotatable bonds is 3. The van der Waals surface area contributed by atoms with Gasteiger partial charge in [-0.15, -0.1) is 0 Å². The third-order valence-corrected chi connectivity index (χ3v) is 3.75. The van der Waals surface area contributed by atoms with E-state index in [-0.39, 0.29) is 0 Å². The summed E-state index contributed by atoms with van der Waals surface area (Å²) >= 11 is 0. The lowest BCUT2D eigenvalue weighted by Gasteiger charge is -2.19. The van der Waals surface area contributed by atoms with Crippen molar-refractivity contribution < 1.29 is 0 Å². The molecule has 1 aliphatic carbocycles. The molecule has 0 bridgehead atoms. The van der Waals surface area contributed by atoms with Crippen molar-refractivity contribution in [2.24, 2.45) is 5.73 Å². The molecule has 3 N–H and O–H groups in total. The normalized spacial score (nSPS) is 17.8. The van der Waals surface area contributed by atoms with Crippen LogP contribution in [0.3, 0.4) is 0 Å². The lowest BCUT2D eigenvalue weighted by molar-refractivity contribution is 0.619. The Morgan fingerprint density at radius 3 is 2.53 bits per heavy atom. The third-order valence-electron chi connectivity index (χ3n) is 3.75. The summed E-state index contributed by atoms with van der Waals surface area (Å²) in [7, 11) is 0. The van der Waals surface area contributed by atoms with Gasteiger partial charge in [0.1, 0.15) is 0 Å². The minimum absolute atomic E-state index is 0.625. The number of anilines is 1. The first kappa shape index (κ1) is 12.4. The molecule has 0 aliphatic heterocycles. The Bertz CT molecular complexity index is 352. The topological polar surface area (TPSA) is 38.0 Å². The highest BCUT2D eigenvalue weighted by atomic mass is 14.9. The lowest BCUT2D eigenvalue weighted by Crippen LogP contribution is -2.19. The van der Waals surface area contributed by atoms with E-state index in [4.69, 9.17) is 5.73 Å². The highest BCUT2D eigenvalue weighted by Crippen LogP contribution is 2.23. The minimum atomic E-state index is 0.625. The predicted octanol–water partition coefficient (Wildman–Crippen LogP) is 3.59. The zero-order valence-electron chi connectivity index (χ0n) is 10.8. The van der Waals surface area contributed by atoms with Crippen molar-refractivity contribution in [1.82, 2.24) is 0 Å². The number of aryl methyl sites for hydroxylation is 1. The number of nitrogens with one attached hydrogen (secondary N) is 1. The van der Waals surface area contributed by atoms with Crippen LogP contribution in [-0.4, -0.2) is 6.04 Å². The molecule has 17 heavy (non-hydrogen) atoms. The first-order chi connectivity index (χ1) is 8.29. The summed E-state index contributed by atoms with van der Waals surface area (Å²) in [4.78, 5) is 0. The third kappa shape index (κ3) is 3.47. The summed E-state index contributed by atoms with van der Waals surface area (Å²) in [6.45, 7) is 2.79. The molecule has 1 aromatic rings. The van der Waals surface area contributed by atoms with Gasteiger partial charge in [-0.25, -0.2) is 0 Å². The Morgan fingerprint density at radius 1 is 1.18 bits per heavy atom. The Balaban J connectivity index is 2.05. The van der Waals surface area contributed by atoms with E-state index in [0.29, 0.717) is 12.6 Å². The van der Waals surface area contributed by atoms with Gasteiger partial charge in [-0.05, 0) is 37.0 Å². The fraction of sp³-hybridized carbons (Fsp3) is 0.600. The van der Waals surface area contributed by atoms with E-state index in [1.807, 2.05) is 0 Å². The fourth-order valence-corrected chi connectivity index (χ4v) is 2.60. The lowest BCUT2D eigenvalue weighted by atomic mass is 10.1. The molecule has 0 amide bonds. The van der Waals surface area contributed by atoms with E-state index < -0.39 is 0 Å². The van der Waals surface area contributed by atoms with Crippen molar-refractivity contribution in [3.63, 3.8) is 0 Å². The predicted molar refractivity (Wildman–Crippen MR) is 74.2 cm³/mol. The molecule has 0 radical (unpaired) electrons. The second-order valence-corrected chi connectivity index (χ2v) is 5.19. The summed E-state index contributed by atoms with van der Waals surface area (Å²) in [6, 6.07) is 7.15. The van der Waals surface area contributed by atoms with Crippen molar-refractivity contribution in [3.8, 4) is 0 Å². The fourth-order valence-electron chi connectivity index (χ4n) is 2.60. The van der Waals surface area contributed by atoms with Gasteiger partial charge in [-0.3, -0.25) is 0 Å². The number of nitrogens with two attached hydrogens (primary N) is 1. The van der Waals surface area contributed by atoms with Crippen LogP contribution in [0.25, 0.3) is 0 Å². The molecule has 0 heterocycles. The summed E-state index contributed by atoms with van der Waals surface area (Å²) in [5.74, 6) is 0. The smallest absolute Gasteiger partial charge is 0.0375 e. The number of hydrogen-bond acceptors (Lipinski definition) is 2. The maximum Gasteiger partial charge on any atom is 0.0375 e. The molecule has 1 fully saturated rings. The first-order valence-corrected chi connectivity index (χ1v) is 6.86. The first-order valence-electron chi connectivity index (χ1n) is 6.86. The van der Waals surface area contributed by atoms with E-state index in [9.17, 15) is 0 Å². The van der Waals surface area contributed by atoms with Gasteiger partial charge < -0.3 is 11.1 Å². The van der Waals surface area contributed by atoms with Crippen LogP contribution in [0.5, 0.6) is 0 Å². The zero-order chi connectivity index (χ0) is 12.1. The van der Waals surface area contributed by atoms with Crippen LogP contribution >= 0.6 is 0 Å². The van der Waals surface area contributed by atoms with Gasteiger partial charge in [-0.1, -0.05) is 37.8 Å². The number of benzene rings is 1. The maximum atomic E-state index is 5.70. The van der Waals surface area contributed by atoms with Crippen molar-refractivity contribution in [2.75, 3.05) is 5.32 Å². The Hall–Kier alpha value is -1.02. The van der Waals surface area contributed by atoms with E-state index in [1.165, 1.54) is 55.3 Å². The van der Waals surface area contributed by atoms with Crippen LogP contribution in [0.1, 0.15) is 49.7 Å². The highest BCUT2D eigenvalue weighted by molar-refractivity contribution is 5.53. The molecule has 0 atom stereocenters. The van der Waals surface area contributed by atoms with Crippen molar-refractivity contribution in [1.29, 1.82) is 0 Å². The summed E-state index contributed by atoms with van der Waals surface area (Å²) in [6.07, 6.45) is 8.17. The van der Waals surface area contributed by atoms with E-state index in [1.54, 1.807) is 0 Å². The molecule has 2 rings (SSSR count). The summed E-state index contributed by atoms with van der Waals surface area (Å²) in [5.41, 5.74) is 9.52. The second-order valence-electron chi connectivity index (χ2n) is 5.19. The molecular weight excluding hydrogens is 208 g/mol. The van der Waals surface area contributed by atoms with Crippen LogP contribution < -0.4 is 11.1 Å². The molecule has 0 saturated heterocycles. The summed E-state index contributed by atoms with van der Waals surface area (Å²) in [5, 5.41) is 3.71. The van der Waals surface area contributed by atoms with Crippen LogP contribution in [-0.2, 0) is 6.54 Å². The standard InChI is InChI=1S/C15H24N2/c1-12-8-9-13(11-16)10-15(12)17-14-6-4-2-3-5-7-14/h8-10,14,17H,2-7,11,16H2,1H3. The molecule has 2 heteroatoms. The minimum Gasteiger partial charge on any atom is -0.382 e. The van der Waals surface area contributed by atoms with E-state index >= 15 is 0 Å². The van der Waals surface area contributed by atoms with Gasteiger partial charge in [0.15, 0.2) is 0 Å². The highest BCUT2D eigenvalue weighted by Gasteiger charge is 2.12. The van der Waals surface area contributed by atoms with Gasteiger partial charge in [0.2, 0.25) is 0 Å². The quantitative estimate of drug-likeness (QED) is 0.782. The van der Waals surface area contributed by atoms with Crippen molar-refractivity contribution in [3.05, 3.63) is 29.3 Å². The number of hydrogen-bond donors (Lipinski definition) is 2. The molecule has 0 unspecified atom stereocenters. The van der Waals surface area contributed by atoms with Gasteiger partial charge in [0, 0.05) is 18.3 Å². The molecule has 0 spiro atoms. The van der Waals surface area contributed by atoms with Crippen molar-refractivity contribution in [2.45, 2.75) is 58.0 Å². The Kier molecular flexibility index (Phi) is 4.43. The summed E-state index contributed by atoms with van der Waals surface area (Å²) < 4.78 is 0. The monoisotopic (exact) mass is 232 g/mol. The van der Waals surface area contributed by atoms with Gasteiger partial charge >= 0.3 is 0 Å². The van der Waals surface area contributed by atoms with E-state index in [0.717, 1.165) is 0 Å². The molecule has 94 valence electrons. The Labute approximate surface area is 105 Å². The molecular formula is C15H24N2. The van der Waals surface area contributed by atoms with Crippen LogP contribution in [0.15, 0.2) is 18.2 Å². The molecule has 1 saturated carbocycles. The average molecular weight is 232 g/mol. The molecule has 2 nitrogen and oxygen atoms in total. The van der Waals surface area contributed by atoms with E-state index in [2.05, 4.69) is 30.4 Å². The molecule has 0 aromatic heterocycles. The SMILES string of the molecule is Cc1ccc(CN)cc1NC1CCCCCC1. The second kappa shape index (κ2) is 6.06. The maximum absolute atomic E-state index is 5.70. The van der Waals surface area contributed by atoms with Crippen molar-refractivity contribution >= 4 is 5.69 Å². The largest absolute Gasteiger partial charge is 0.382 e. The average Bonchev–Trinajstić information content (AvgIpc) is 2.60. The van der Waals surface area contributed by atoms with Crippen LogP contribution in [0.4, 0.5) is 5.69 Å². The molecule has 1 aromatic carbocycles. The molecule has 1 aliphatic rings. The van der Waals surface area contributed by atoms with Gasteiger partial charge in [-0.2, -0.15) is 0 Å². The zero-order valence-corrected chi connectivity index (χ0v) is 10.8. The van der Waals surface area contributed by atoms with Crippen LogP contribution in [0.2, 0.25) is 0 Å². The van der Waals surface area contributed by atoms with Crippen LogP contribution in [0, 0.1) is 6.92 Å². The van der Waals surface area contributed by atoms with Gasteiger partial charge in [0.25, 0.3) is 0 Å². The van der Waals surface area contributed by atoms with Gasteiger partial charge in [0.05, 0.1) is 0 Å². The Morgan fingerprint density at radius 2 is 1.88 bits per heavy atom.